The van der Waals surface area contributed by atoms with Gasteiger partial charge in [-0.3, -0.25) is 9.48 Å². The maximum Gasteiger partial charge on any atom is 0.257 e. The summed E-state index contributed by atoms with van der Waals surface area (Å²) in [6.07, 6.45) is 3.67. The zero-order valence-corrected chi connectivity index (χ0v) is 15.6. The quantitative estimate of drug-likeness (QED) is 0.657. The van der Waals surface area contributed by atoms with Gasteiger partial charge in [0.1, 0.15) is 5.75 Å². The van der Waals surface area contributed by atoms with Gasteiger partial charge in [-0.05, 0) is 44.8 Å². The van der Waals surface area contributed by atoms with Crippen LogP contribution in [0.3, 0.4) is 0 Å². The molecule has 3 aromatic rings. The van der Waals surface area contributed by atoms with Crippen molar-refractivity contribution in [2.45, 2.75) is 13.5 Å². The molecule has 1 amide bonds. The summed E-state index contributed by atoms with van der Waals surface area (Å²) in [7, 11) is 0. The second kappa shape index (κ2) is 8.16. The van der Waals surface area contributed by atoms with E-state index in [1.807, 2.05) is 53.3 Å². The van der Waals surface area contributed by atoms with Crippen molar-refractivity contribution in [1.29, 1.82) is 0 Å². The maximum absolute atomic E-state index is 12.0. The third kappa shape index (κ3) is 4.60. The van der Waals surface area contributed by atoms with Crippen molar-refractivity contribution in [3.05, 3.63) is 59.3 Å². The number of nitrogens with zero attached hydrogens (tertiary/aromatic N) is 2. The lowest BCUT2D eigenvalue weighted by atomic mass is 10.1. The topological polar surface area (TPSA) is 56.1 Å². The smallest absolute Gasteiger partial charge is 0.257 e. The molecule has 1 aromatic heterocycles. The number of aromatic nitrogens is 2. The minimum absolute atomic E-state index is 0.00850. The molecule has 1 unspecified atom stereocenters. The Kier molecular flexibility index (Phi) is 5.71. The van der Waals surface area contributed by atoms with E-state index in [4.69, 9.17) is 4.74 Å². The summed E-state index contributed by atoms with van der Waals surface area (Å²) in [5.74, 6) is 0.821. The third-order valence-corrected chi connectivity index (χ3v) is 4.71. The fraction of sp³-hybridized carbons (Fsp3) is 0.263. The molecular formula is C19H20BrN3O2. The molecule has 0 spiro atoms. The number of hydrogen-bond donors (Lipinski definition) is 1. The highest BCUT2D eigenvalue weighted by molar-refractivity contribution is 9.10. The largest absolute Gasteiger partial charge is 0.483 e. The SMILES string of the molecule is CC(CNC(=O)COc1ccc2ccccc2c1Br)Cn1cccn1. The molecule has 25 heavy (non-hydrogen) atoms. The molecule has 0 bridgehead atoms. The highest BCUT2D eigenvalue weighted by Crippen LogP contribution is 2.32. The van der Waals surface area contributed by atoms with Crippen LogP contribution in [-0.4, -0.2) is 28.8 Å². The van der Waals surface area contributed by atoms with Crippen LogP contribution in [0.5, 0.6) is 5.75 Å². The molecule has 0 aliphatic heterocycles. The van der Waals surface area contributed by atoms with E-state index in [-0.39, 0.29) is 18.4 Å². The van der Waals surface area contributed by atoms with Crippen molar-refractivity contribution in [3.63, 3.8) is 0 Å². The Morgan fingerprint density at radius 3 is 2.92 bits per heavy atom. The third-order valence-electron chi connectivity index (χ3n) is 3.89. The van der Waals surface area contributed by atoms with Gasteiger partial charge in [-0.2, -0.15) is 5.10 Å². The average molecular weight is 402 g/mol. The highest BCUT2D eigenvalue weighted by atomic mass is 79.9. The summed E-state index contributed by atoms with van der Waals surface area (Å²) in [5, 5.41) is 9.26. The first-order valence-electron chi connectivity index (χ1n) is 8.17. The van der Waals surface area contributed by atoms with Crippen LogP contribution in [0.1, 0.15) is 6.92 Å². The van der Waals surface area contributed by atoms with Gasteiger partial charge in [-0.15, -0.1) is 0 Å². The van der Waals surface area contributed by atoms with Crippen molar-refractivity contribution in [2.24, 2.45) is 5.92 Å². The van der Waals surface area contributed by atoms with Crippen molar-refractivity contribution < 1.29 is 9.53 Å². The predicted molar refractivity (Wildman–Crippen MR) is 102 cm³/mol. The van der Waals surface area contributed by atoms with E-state index in [1.54, 1.807) is 6.20 Å². The average Bonchev–Trinajstić information content (AvgIpc) is 3.12. The Morgan fingerprint density at radius 2 is 2.12 bits per heavy atom. The number of fused-ring (bicyclic) bond motifs is 1. The van der Waals surface area contributed by atoms with E-state index in [2.05, 4.69) is 33.3 Å². The van der Waals surface area contributed by atoms with Crippen LogP contribution in [0.4, 0.5) is 0 Å². The lowest BCUT2D eigenvalue weighted by molar-refractivity contribution is -0.123. The number of halogens is 1. The van der Waals surface area contributed by atoms with Gasteiger partial charge >= 0.3 is 0 Å². The Balaban J connectivity index is 1.50. The van der Waals surface area contributed by atoms with Crippen LogP contribution < -0.4 is 10.1 Å². The molecule has 3 rings (SSSR count). The van der Waals surface area contributed by atoms with Crippen LogP contribution in [0.25, 0.3) is 10.8 Å². The Labute approximate surface area is 155 Å². The van der Waals surface area contributed by atoms with Gasteiger partial charge in [0.2, 0.25) is 0 Å². The summed E-state index contributed by atoms with van der Waals surface area (Å²) in [4.78, 5) is 12.0. The Hall–Kier alpha value is -2.34. The van der Waals surface area contributed by atoms with Gasteiger partial charge in [0, 0.05) is 25.5 Å². The molecule has 2 aromatic carbocycles. The molecule has 0 saturated carbocycles. The first kappa shape index (κ1) is 17.5. The van der Waals surface area contributed by atoms with E-state index in [0.717, 1.165) is 21.8 Å². The Morgan fingerprint density at radius 1 is 1.28 bits per heavy atom. The van der Waals surface area contributed by atoms with Crippen molar-refractivity contribution in [1.82, 2.24) is 15.1 Å². The lowest BCUT2D eigenvalue weighted by Gasteiger charge is -2.14. The van der Waals surface area contributed by atoms with Gasteiger partial charge in [0.25, 0.3) is 5.91 Å². The molecule has 1 N–H and O–H groups in total. The summed E-state index contributed by atoms with van der Waals surface area (Å²) in [6.45, 7) is 3.42. The molecule has 0 aliphatic carbocycles. The number of nitrogens with one attached hydrogen (secondary N) is 1. The van der Waals surface area contributed by atoms with Gasteiger partial charge in [-0.25, -0.2) is 0 Å². The highest BCUT2D eigenvalue weighted by Gasteiger charge is 2.10. The van der Waals surface area contributed by atoms with E-state index < -0.39 is 0 Å². The number of ether oxygens (including phenoxy) is 1. The number of hydrogen-bond acceptors (Lipinski definition) is 3. The monoisotopic (exact) mass is 401 g/mol. The molecule has 6 heteroatoms. The van der Waals surface area contributed by atoms with Gasteiger partial charge in [0.05, 0.1) is 4.47 Å². The maximum atomic E-state index is 12.0. The molecule has 0 fully saturated rings. The van der Waals surface area contributed by atoms with Crippen molar-refractivity contribution in [3.8, 4) is 5.75 Å². The van der Waals surface area contributed by atoms with Crippen LogP contribution in [0, 0.1) is 5.92 Å². The van der Waals surface area contributed by atoms with E-state index in [0.29, 0.717) is 12.3 Å². The van der Waals surface area contributed by atoms with Gasteiger partial charge < -0.3 is 10.1 Å². The fourth-order valence-corrected chi connectivity index (χ4v) is 3.21. The van der Waals surface area contributed by atoms with Gasteiger partial charge in [-0.1, -0.05) is 37.3 Å². The van der Waals surface area contributed by atoms with Crippen LogP contribution >= 0.6 is 15.9 Å². The van der Waals surface area contributed by atoms with E-state index in [1.165, 1.54) is 0 Å². The fourth-order valence-electron chi connectivity index (χ4n) is 2.60. The van der Waals surface area contributed by atoms with Crippen LogP contribution in [-0.2, 0) is 11.3 Å². The van der Waals surface area contributed by atoms with Crippen molar-refractivity contribution >= 4 is 32.6 Å². The zero-order chi connectivity index (χ0) is 17.6. The second-order valence-electron chi connectivity index (χ2n) is 6.02. The van der Waals surface area contributed by atoms with Crippen molar-refractivity contribution in [2.75, 3.05) is 13.2 Å². The zero-order valence-electron chi connectivity index (χ0n) is 14.0. The molecule has 0 aliphatic rings. The number of benzene rings is 2. The first-order chi connectivity index (χ1) is 12.1. The first-order valence-corrected chi connectivity index (χ1v) is 8.97. The molecule has 0 saturated heterocycles. The predicted octanol–water partition coefficient (Wildman–Crippen LogP) is 3.63. The summed E-state index contributed by atoms with van der Waals surface area (Å²) >= 11 is 3.56. The minimum Gasteiger partial charge on any atom is -0.483 e. The number of amides is 1. The summed E-state index contributed by atoms with van der Waals surface area (Å²) in [5.41, 5.74) is 0. The normalized spacial score (nSPS) is 12.1. The van der Waals surface area contributed by atoms with E-state index >= 15 is 0 Å². The standard InChI is InChI=1S/C19H20BrN3O2/c1-14(12-23-10-4-9-22-23)11-21-18(24)13-25-17-8-7-15-5-2-3-6-16(15)19(17)20/h2-10,14H,11-13H2,1H3,(H,21,24). The molecule has 1 atom stereocenters. The molecular weight excluding hydrogens is 382 g/mol. The molecule has 130 valence electrons. The molecule has 5 nitrogen and oxygen atoms in total. The lowest BCUT2D eigenvalue weighted by Crippen LogP contribution is -2.33. The second-order valence-corrected chi connectivity index (χ2v) is 6.82. The summed E-state index contributed by atoms with van der Waals surface area (Å²) in [6, 6.07) is 13.8. The minimum atomic E-state index is -0.132. The van der Waals surface area contributed by atoms with Crippen LogP contribution in [0.15, 0.2) is 59.3 Å². The number of rotatable bonds is 7. The molecule has 0 radical (unpaired) electrons. The number of carbonyl (C=O) groups is 1. The summed E-state index contributed by atoms with van der Waals surface area (Å²) < 4.78 is 8.40. The van der Waals surface area contributed by atoms with Crippen LogP contribution in [0.2, 0.25) is 0 Å². The Bertz CT molecular complexity index is 849. The number of carbonyl (C=O) groups excluding carboxylic acids is 1. The van der Waals surface area contributed by atoms with E-state index in [9.17, 15) is 4.79 Å². The molecule has 1 heterocycles. The van der Waals surface area contributed by atoms with Gasteiger partial charge in [0.15, 0.2) is 6.61 Å².